The third-order valence-corrected chi connectivity index (χ3v) is 4.26. The van der Waals surface area contributed by atoms with Gasteiger partial charge in [0.2, 0.25) is 5.91 Å². The van der Waals surface area contributed by atoms with Gasteiger partial charge in [0.15, 0.2) is 6.29 Å². The van der Waals surface area contributed by atoms with Crippen molar-refractivity contribution >= 4 is 28.8 Å². The normalized spacial score (nSPS) is 11.9. The molecule has 1 amide bonds. The Morgan fingerprint density at radius 3 is 2.76 bits per heavy atom. The van der Waals surface area contributed by atoms with Crippen molar-refractivity contribution in [2.24, 2.45) is 0 Å². The number of rotatable bonds is 6. The van der Waals surface area contributed by atoms with Crippen molar-refractivity contribution < 1.29 is 14.3 Å². The number of amides is 1. The first-order valence-corrected chi connectivity index (χ1v) is 8.17. The number of para-hydroxylation sites is 1. The number of ether oxygens (including phenoxy) is 1. The number of nitrogens with one attached hydrogen (secondary N) is 1. The van der Waals surface area contributed by atoms with Crippen molar-refractivity contribution in [3.63, 3.8) is 0 Å². The lowest BCUT2D eigenvalue weighted by molar-refractivity contribution is -0.119. The Morgan fingerprint density at radius 2 is 2.04 bits per heavy atom. The molecule has 0 saturated carbocycles. The summed E-state index contributed by atoms with van der Waals surface area (Å²) in [4.78, 5) is 24.2. The molecular formula is C20H20N2O3. The summed E-state index contributed by atoms with van der Waals surface area (Å²) in [5.41, 5.74) is 2.13. The van der Waals surface area contributed by atoms with E-state index in [-0.39, 0.29) is 5.91 Å². The molecule has 3 rings (SSSR count). The number of fused-ring (bicyclic) bond motifs is 1. The zero-order valence-corrected chi connectivity index (χ0v) is 14.2. The first-order chi connectivity index (χ1) is 12.2. The van der Waals surface area contributed by atoms with Gasteiger partial charge in [0, 0.05) is 34.4 Å². The number of anilines is 1. The van der Waals surface area contributed by atoms with Gasteiger partial charge in [-0.15, -0.1) is 0 Å². The predicted octanol–water partition coefficient (Wildman–Crippen LogP) is 4.05. The van der Waals surface area contributed by atoms with E-state index in [1.807, 2.05) is 54.0 Å². The van der Waals surface area contributed by atoms with Gasteiger partial charge in [-0.05, 0) is 24.6 Å². The molecule has 0 aliphatic carbocycles. The topological polar surface area (TPSA) is 60.3 Å². The molecule has 0 fully saturated rings. The minimum atomic E-state index is -0.412. The van der Waals surface area contributed by atoms with Crippen LogP contribution in [0.5, 0.6) is 5.75 Å². The number of aldehydes is 1. The van der Waals surface area contributed by atoms with Crippen LogP contribution >= 0.6 is 0 Å². The molecule has 5 heteroatoms. The molecule has 0 unspecified atom stereocenters. The van der Waals surface area contributed by atoms with Crippen LogP contribution in [0.2, 0.25) is 0 Å². The highest BCUT2D eigenvalue weighted by Gasteiger charge is 2.21. The van der Waals surface area contributed by atoms with E-state index in [2.05, 4.69) is 5.32 Å². The Hall–Kier alpha value is -3.08. The van der Waals surface area contributed by atoms with Gasteiger partial charge in [-0.25, -0.2) is 0 Å². The van der Waals surface area contributed by atoms with Crippen molar-refractivity contribution in [2.45, 2.75) is 19.4 Å². The third kappa shape index (κ3) is 3.26. The van der Waals surface area contributed by atoms with E-state index in [1.54, 1.807) is 19.4 Å². The second-order valence-corrected chi connectivity index (χ2v) is 5.77. The van der Waals surface area contributed by atoms with Crippen molar-refractivity contribution in [1.29, 1.82) is 0 Å². The van der Waals surface area contributed by atoms with Gasteiger partial charge in [-0.3, -0.25) is 9.59 Å². The lowest BCUT2D eigenvalue weighted by Crippen LogP contribution is -2.25. The predicted molar refractivity (Wildman–Crippen MR) is 98.3 cm³/mol. The maximum Gasteiger partial charge on any atom is 0.247 e. The molecule has 0 aliphatic rings. The molecule has 2 aromatic carbocycles. The summed E-state index contributed by atoms with van der Waals surface area (Å²) in [5, 5.41) is 3.78. The average molecular weight is 336 g/mol. The lowest BCUT2D eigenvalue weighted by Gasteiger charge is -2.18. The minimum absolute atomic E-state index is 0.131. The highest BCUT2D eigenvalue weighted by molar-refractivity contribution is 6.00. The second-order valence-electron chi connectivity index (χ2n) is 5.77. The van der Waals surface area contributed by atoms with Gasteiger partial charge in [0.05, 0.1) is 7.11 Å². The van der Waals surface area contributed by atoms with E-state index in [0.29, 0.717) is 23.4 Å². The SMILES string of the molecule is CC[C@H](C(=O)Nc1cccc(OC)c1)n1cc(C=O)c2ccccc21. The van der Waals surface area contributed by atoms with Gasteiger partial charge in [-0.1, -0.05) is 31.2 Å². The summed E-state index contributed by atoms with van der Waals surface area (Å²) in [6.45, 7) is 1.95. The van der Waals surface area contributed by atoms with Crippen LogP contribution in [0.15, 0.2) is 54.7 Å². The Bertz CT molecular complexity index is 914. The second kappa shape index (κ2) is 7.21. The summed E-state index contributed by atoms with van der Waals surface area (Å²) in [7, 11) is 1.59. The number of benzene rings is 2. The maximum atomic E-state index is 12.8. The fourth-order valence-corrected chi connectivity index (χ4v) is 3.02. The van der Waals surface area contributed by atoms with E-state index in [1.165, 1.54) is 0 Å². The largest absolute Gasteiger partial charge is 0.497 e. The van der Waals surface area contributed by atoms with Gasteiger partial charge in [-0.2, -0.15) is 0 Å². The lowest BCUT2D eigenvalue weighted by atomic mass is 10.1. The van der Waals surface area contributed by atoms with Crippen LogP contribution in [0.1, 0.15) is 29.7 Å². The molecular weight excluding hydrogens is 316 g/mol. The monoisotopic (exact) mass is 336 g/mol. The Labute approximate surface area is 146 Å². The molecule has 0 radical (unpaired) electrons. The number of aromatic nitrogens is 1. The molecule has 5 nitrogen and oxygen atoms in total. The Kier molecular flexibility index (Phi) is 4.84. The van der Waals surface area contributed by atoms with E-state index < -0.39 is 6.04 Å². The number of hydrogen-bond acceptors (Lipinski definition) is 3. The minimum Gasteiger partial charge on any atom is -0.497 e. The molecule has 25 heavy (non-hydrogen) atoms. The molecule has 1 atom stereocenters. The van der Waals surface area contributed by atoms with E-state index in [4.69, 9.17) is 4.74 Å². The van der Waals surface area contributed by atoms with E-state index >= 15 is 0 Å². The van der Waals surface area contributed by atoms with Crippen LogP contribution in [0, 0.1) is 0 Å². The van der Waals surface area contributed by atoms with Gasteiger partial charge in [0.1, 0.15) is 11.8 Å². The highest BCUT2D eigenvalue weighted by atomic mass is 16.5. The number of carbonyl (C=O) groups is 2. The summed E-state index contributed by atoms with van der Waals surface area (Å²) in [5.74, 6) is 0.550. The fourth-order valence-electron chi connectivity index (χ4n) is 3.02. The molecule has 1 heterocycles. The van der Waals surface area contributed by atoms with Crippen molar-refractivity contribution in [3.8, 4) is 5.75 Å². The fraction of sp³-hybridized carbons (Fsp3) is 0.200. The van der Waals surface area contributed by atoms with E-state index in [0.717, 1.165) is 17.2 Å². The molecule has 0 saturated heterocycles. The average Bonchev–Trinajstić information content (AvgIpc) is 3.01. The molecule has 1 aromatic heterocycles. The van der Waals surface area contributed by atoms with Crippen molar-refractivity contribution in [2.75, 3.05) is 12.4 Å². The first kappa shape index (κ1) is 16.8. The summed E-state index contributed by atoms with van der Waals surface area (Å²) >= 11 is 0. The van der Waals surface area contributed by atoms with Gasteiger partial charge >= 0.3 is 0 Å². The van der Waals surface area contributed by atoms with Crippen LogP contribution < -0.4 is 10.1 Å². The van der Waals surface area contributed by atoms with Crippen LogP contribution in [0.3, 0.4) is 0 Å². The Balaban J connectivity index is 1.94. The standard InChI is InChI=1S/C20H20N2O3/c1-3-18(20(24)21-15-7-6-8-16(11-15)25-2)22-12-14(13-23)17-9-4-5-10-19(17)22/h4-13,18H,3H2,1-2H3,(H,21,24)/t18-/m1/s1. The third-order valence-electron chi connectivity index (χ3n) is 4.26. The van der Waals surface area contributed by atoms with Crippen LogP contribution in [-0.4, -0.2) is 23.9 Å². The molecule has 3 aromatic rings. The zero-order chi connectivity index (χ0) is 17.8. The number of methoxy groups -OCH3 is 1. The number of hydrogen-bond donors (Lipinski definition) is 1. The first-order valence-electron chi connectivity index (χ1n) is 8.17. The highest BCUT2D eigenvalue weighted by Crippen LogP contribution is 2.26. The van der Waals surface area contributed by atoms with Crippen LogP contribution in [0.4, 0.5) is 5.69 Å². The summed E-state index contributed by atoms with van der Waals surface area (Å²) < 4.78 is 7.06. The Morgan fingerprint density at radius 1 is 1.24 bits per heavy atom. The maximum absolute atomic E-state index is 12.8. The van der Waals surface area contributed by atoms with Gasteiger partial charge in [0.25, 0.3) is 0 Å². The van der Waals surface area contributed by atoms with Crippen LogP contribution in [-0.2, 0) is 4.79 Å². The molecule has 1 N–H and O–H groups in total. The van der Waals surface area contributed by atoms with Crippen molar-refractivity contribution in [3.05, 3.63) is 60.3 Å². The zero-order valence-electron chi connectivity index (χ0n) is 14.2. The molecule has 0 aliphatic heterocycles. The van der Waals surface area contributed by atoms with Crippen LogP contribution in [0.25, 0.3) is 10.9 Å². The number of nitrogens with zero attached hydrogens (tertiary/aromatic N) is 1. The molecule has 0 spiro atoms. The van der Waals surface area contributed by atoms with Gasteiger partial charge < -0.3 is 14.6 Å². The summed E-state index contributed by atoms with van der Waals surface area (Å²) in [6, 6.07) is 14.4. The summed E-state index contributed by atoms with van der Waals surface area (Å²) in [6.07, 6.45) is 3.18. The molecule has 0 bridgehead atoms. The molecule has 128 valence electrons. The smallest absolute Gasteiger partial charge is 0.247 e. The quantitative estimate of drug-likeness (QED) is 0.691. The van der Waals surface area contributed by atoms with E-state index in [9.17, 15) is 9.59 Å². The van der Waals surface area contributed by atoms with Crippen molar-refractivity contribution in [1.82, 2.24) is 4.57 Å². The number of carbonyl (C=O) groups excluding carboxylic acids is 2.